The lowest BCUT2D eigenvalue weighted by Crippen LogP contribution is -2.27. The Morgan fingerprint density at radius 2 is 2.24 bits per heavy atom. The van der Waals surface area contributed by atoms with E-state index in [2.05, 4.69) is 15.3 Å². The summed E-state index contributed by atoms with van der Waals surface area (Å²) in [7, 11) is 1.58. The predicted molar refractivity (Wildman–Crippen MR) is 71.0 cm³/mol. The average Bonchev–Trinajstić information content (AvgIpc) is 3.05. The summed E-state index contributed by atoms with van der Waals surface area (Å²) in [6.07, 6.45) is 3.76. The minimum atomic E-state index is -0.409. The zero-order valence-electron chi connectivity index (χ0n) is 11.8. The summed E-state index contributed by atoms with van der Waals surface area (Å²) in [6.45, 7) is 0.722. The Labute approximate surface area is 121 Å². The third-order valence-electron chi connectivity index (χ3n) is 3.40. The Hall–Kier alpha value is -1.77. The molecule has 0 aliphatic heterocycles. The van der Waals surface area contributed by atoms with Crippen molar-refractivity contribution in [3.8, 4) is 11.6 Å². The van der Waals surface area contributed by atoms with E-state index in [-0.39, 0.29) is 5.89 Å². The molecule has 0 spiro atoms. The van der Waals surface area contributed by atoms with Crippen LogP contribution in [0.2, 0.25) is 0 Å². The van der Waals surface area contributed by atoms with Crippen LogP contribution in [-0.2, 0) is 16.1 Å². The highest BCUT2D eigenvalue weighted by Crippen LogP contribution is 2.23. The second kappa shape index (κ2) is 6.33. The highest BCUT2D eigenvalue weighted by Gasteiger charge is 2.22. The minimum Gasteiger partial charge on any atom is -0.377 e. The Balaban J connectivity index is 1.61. The first kappa shape index (κ1) is 14.2. The van der Waals surface area contributed by atoms with Crippen LogP contribution in [0.3, 0.4) is 0 Å². The molecule has 21 heavy (non-hydrogen) atoms. The van der Waals surface area contributed by atoms with Crippen molar-refractivity contribution >= 4 is 0 Å². The molecule has 2 heterocycles. The lowest BCUT2D eigenvalue weighted by Gasteiger charge is -2.26. The summed E-state index contributed by atoms with van der Waals surface area (Å²) in [4.78, 5) is 4.23. The highest BCUT2D eigenvalue weighted by atomic mass is 16.5. The zero-order chi connectivity index (χ0) is 14.7. The van der Waals surface area contributed by atoms with Gasteiger partial charge in [-0.15, -0.1) is 0 Å². The van der Waals surface area contributed by atoms with Crippen molar-refractivity contribution in [2.75, 3.05) is 13.7 Å². The maximum absolute atomic E-state index is 5.99. The molecule has 8 nitrogen and oxygen atoms in total. The summed E-state index contributed by atoms with van der Waals surface area (Å²) < 4.78 is 20.8. The lowest BCUT2D eigenvalue weighted by molar-refractivity contribution is -0.00549. The van der Waals surface area contributed by atoms with Gasteiger partial charge in [-0.1, -0.05) is 10.3 Å². The van der Waals surface area contributed by atoms with Crippen molar-refractivity contribution in [3.63, 3.8) is 0 Å². The van der Waals surface area contributed by atoms with E-state index < -0.39 is 6.04 Å². The molecular formula is C13H18N4O4. The van der Waals surface area contributed by atoms with Gasteiger partial charge in [0.25, 0.3) is 5.89 Å². The Bertz CT molecular complexity index is 578. The summed E-state index contributed by atoms with van der Waals surface area (Å²) >= 11 is 0. The average molecular weight is 294 g/mol. The maximum atomic E-state index is 5.99. The Kier molecular flexibility index (Phi) is 4.28. The van der Waals surface area contributed by atoms with E-state index in [1.54, 1.807) is 13.2 Å². The fourth-order valence-electron chi connectivity index (χ4n) is 1.97. The van der Waals surface area contributed by atoms with Gasteiger partial charge in [-0.2, -0.15) is 4.98 Å². The molecule has 0 bridgehead atoms. The fraction of sp³-hybridized carbons (Fsp3) is 0.615. The third-order valence-corrected chi connectivity index (χ3v) is 3.40. The normalized spacial score (nSPS) is 16.9. The second-order valence-electron chi connectivity index (χ2n) is 5.06. The summed E-state index contributed by atoms with van der Waals surface area (Å²) in [5.74, 6) is 1.26. The zero-order valence-corrected chi connectivity index (χ0v) is 11.8. The van der Waals surface area contributed by atoms with Gasteiger partial charge in [-0.05, 0) is 19.3 Å². The van der Waals surface area contributed by atoms with Crippen LogP contribution in [-0.4, -0.2) is 35.1 Å². The molecule has 1 aliphatic carbocycles. The molecule has 1 atom stereocenters. The first-order valence-corrected chi connectivity index (χ1v) is 6.92. The van der Waals surface area contributed by atoms with Gasteiger partial charge in [-0.25, -0.2) is 0 Å². The first-order chi connectivity index (χ1) is 10.3. The number of ether oxygens (including phenoxy) is 2. The number of nitrogens with two attached hydrogens (primary N) is 1. The first-order valence-electron chi connectivity index (χ1n) is 6.92. The van der Waals surface area contributed by atoms with E-state index in [9.17, 15) is 0 Å². The maximum Gasteiger partial charge on any atom is 0.280 e. The summed E-state index contributed by atoms with van der Waals surface area (Å²) in [6, 6.07) is 1.28. The molecule has 2 aromatic rings. The van der Waals surface area contributed by atoms with Crippen LogP contribution in [0.5, 0.6) is 0 Å². The number of nitrogens with zero attached hydrogens (tertiary/aromatic N) is 3. The molecule has 1 aliphatic rings. The van der Waals surface area contributed by atoms with Crippen LogP contribution < -0.4 is 5.73 Å². The molecule has 1 unspecified atom stereocenters. The molecule has 0 saturated heterocycles. The van der Waals surface area contributed by atoms with Gasteiger partial charge >= 0.3 is 0 Å². The van der Waals surface area contributed by atoms with Crippen LogP contribution in [0.25, 0.3) is 11.6 Å². The molecule has 2 aromatic heterocycles. The van der Waals surface area contributed by atoms with Crippen molar-refractivity contribution in [2.45, 2.75) is 38.0 Å². The number of hydrogen-bond acceptors (Lipinski definition) is 8. The molecule has 2 N–H and O–H groups in total. The summed E-state index contributed by atoms with van der Waals surface area (Å²) in [5, 5.41) is 7.72. The monoisotopic (exact) mass is 294 g/mol. The third kappa shape index (κ3) is 3.29. The number of hydrogen-bond donors (Lipinski definition) is 1. The second-order valence-corrected chi connectivity index (χ2v) is 5.06. The molecule has 1 saturated carbocycles. The smallest absolute Gasteiger partial charge is 0.280 e. The van der Waals surface area contributed by atoms with Crippen molar-refractivity contribution in [1.29, 1.82) is 0 Å². The molecule has 8 heteroatoms. The largest absolute Gasteiger partial charge is 0.377 e. The molecule has 0 radical (unpaired) electrons. The van der Waals surface area contributed by atoms with Gasteiger partial charge in [0.1, 0.15) is 6.61 Å². The van der Waals surface area contributed by atoms with Gasteiger partial charge in [-0.3, -0.25) is 0 Å². The van der Waals surface area contributed by atoms with E-state index in [0.29, 0.717) is 36.6 Å². The van der Waals surface area contributed by atoms with Crippen LogP contribution in [0, 0.1) is 0 Å². The van der Waals surface area contributed by atoms with Gasteiger partial charge < -0.3 is 24.3 Å². The molecule has 0 aromatic carbocycles. The van der Waals surface area contributed by atoms with Gasteiger partial charge in [0, 0.05) is 13.2 Å². The Morgan fingerprint density at radius 3 is 2.95 bits per heavy atom. The Morgan fingerprint density at radius 1 is 1.38 bits per heavy atom. The molecule has 3 rings (SSSR count). The SMILES string of the molecule is COCc1cc(-c2nc(C(N)COC3CCC3)no2)no1. The minimum absolute atomic E-state index is 0.273. The van der Waals surface area contributed by atoms with Crippen LogP contribution in [0.4, 0.5) is 0 Å². The predicted octanol–water partition coefficient (Wildman–Crippen LogP) is 1.44. The molecule has 114 valence electrons. The van der Waals surface area contributed by atoms with Gasteiger partial charge in [0.2, 0.25) is 0 Å². The van der Waals surface area contributed by atoms with Crippen molar-refractivity contribution in [2.24, 2.45) is 5.73 Å². The summed E-state index contributed by atoms with van der Waals surface area (Å²) in [5.41, 5.74) is 6.46. The fourth-order valence-corrected chi connectivity index (χ4v) is 1.97. The van der Waals surface area contributed by atoms with Crippen molar-refractivity contribution in [1.82, 2.24) is 15.3 Å². The quantitative estimate of drug-likeness (QED) is 0.816. The number of methoxy groups -OCH3 is 1. The van der Waals surface area contributed by atoms with Crippen molar-refractivity contribution in [3.05, 3.63) is 17.7 Å². The molecule has 0 amide bonds. The van der Waals surface area contributed by atoms with E-state index in [4.69, 9.17) is 24.3 Å². The highest BCUT2D eigenvalue weighted by molar-refractivity contribution is 5.45. The topological polar surface area (TPSA) is 109 Å². The standard InChI is InChI=1S/C13H18N4O4/c1-18-6-9-5-11(16-20-9)13-15-12(17-21-13)10(14)7-19-8-3-2-4-8/h5,8,10H,2-4,6-7,14H2,1H3. The van der Waals surface area contributed by atoms with E-state index in [1.165, 1.54) is 6.42 Å². The molecular weight excluding hydrogens is 276 g/mol. The van der Waals surface area contributed by atoms with Gasteiger partial charge in [0.05, 0.1) is 18.8 Å². The van der Waals surface area contributed by atoms with E-state index in [0.717, 1.165) is 12.8 Å². The van der Waals surface area contributed by atoms with Gasteiger partial charge in [0.15, 0.2) is 17.3 Å². The van der Waals surface area contributed by atoms with Crippen molar-refractivity contribution < 1.29 is 18.5 Å². The van der Waals surface area contributed by atoms with Crippen LogP contribution in [0.15, 0.2) is 15.1 Å². The number of aromatic nitrogens is 3. The van der Waals surface area contributed by atoms with Crippen LogP contribution >= 0.6 is 0 Å². The van der Waals surface area contributed by atoms with E-state index in [1.807, 2.05) is 0 Å². The van der Waals surface area contributed by atoms with Crippen LogP contribution in [0.1, 0.15) is 36.9 Å². The molecule has 1 fully saturated rings. The van der Waals surface area contributed by atoms with E-state index >= 15 is 0 Å². The number of rotatable bonds is 7. The lowest BCUT2D eigenvalue weighted by atomic mass is 9.96.